The highest BCUT2D eigenvalue weighted by Gasteiger charge is 2.23. The van der Waals surface area contributed by atoms with Gasteiger partial charge in [0.15, 0.2) is 0 Å². The van der Waals surface area contributed by atoms with Crippen LogP contribution in [-0.4, -0.2) is 12.4 Å². The van der Waals surface area contributed by atoms with Crippen LogP contribution >= 0.6 is 0 Å². The third-order valence-corrected chi connectivity index (χ3v) is 2.46. The topological polar surface area (TPSA) is 73.6 Å². The number of nitrogens with two attached hydrogens (primary N) is 2. The molecule has 4 N–H and O–H groups in total. The lowest BCUT2D eigenvalue weighted by molar-refractivity contribution is 0.282. The van der Waals surface area contributed by atoms with Crippen molar-refractivity contribution in [2.75, 3.05) is 6.61 Å². The van der Waals surface area contributed by atoms with Crippen LogP contribution in [0.3, 0.4) is 0 Å². The van der Waals surface area contributed by atoms with Gasteiger partial charge < -0.3 is 16.3 Å². The molecule has 1 atom stereocenters. The summed E-state index contributed by atoms with van der Waals surface area (Å²) in [6.07, 6.45) is 0.837. The van der Waals surface area contributed by atoms with Crippen molar-refractivity contribution >= 4 is 5.84 Å². The first-order valence-electron chi connectivity index (χ1n) is 4.58. The molecule has 4 nitrogen and oxygen atoms in total. The van der Waals surface area contributed by atoms with Crippen molar-refractivity contribution in [3.8, 4) is 5.75 Å². The highest BCUT2D eigenvalue weighted by Crippen LogP contribution is 2.33. The Labute approximate surface area is 82.5 Å². The molecule has 0 spiro atoms. The zero-order valence-electron chi connectivity index (χ0n) is 7.81. The van der Waals surface area contributed by atoms with E-state index >= 15 is 0 Å². The van der Waals surface area contributed by atoms with Crippen molar-refractivity contribution < 1.29 is 4.74 Å². The largest absolute Gasteiger partial charge is 0.493 e. The third kappa shape index (κ3) is 1.39. The molecule has 1 aromatic rings. The predicted octanol–water partition coefficient (Wildman–Crippen LogP) is 0.784. The first-order chi connectivity index (χ1) is 6.83. The van der Waals surface area contributed by atoms with E-state index in [2.05, 4.69) is 5.10 Å². The van der Waals surface area contributed by atoms with Crippen LogP contribution in [0.4, 0.5) is 0 Å². The van der Waals surface area contributed by atoms with Crippen molar-refractivity contribution in [2.45, 2.75) is 12.3 Å². The minimum atomic E-state index is 0.102. The normalized spacial score (nSPS) is 21.1. The van der Waals surface area contributed by atoms with Crippen LogP contribution in [0.2, 0.25) is 0 Å². The Bertz CT molecular complexity index is 362. The van der Waals surface area contributed by atoms with E-state index in [1.807, 2.05) is 24.3 Å². The molecular formula is C10H13N3O. The molecule has 0 amide bonds. The van der Waals surface area contributed by atoms with Crippen LogP contribution in [-0.2, 0) is 0 Å². The van der Waals surface area contributed by atoms with Gasteiger partial charge in [0.05, 0.1) is 12.5 Å². The Hall–Kier alpha value is -1.71. The molecule has 2 rings (SSSR count). The van der Waals surface area contributed by atoms with Crippen molar-refractivity contribution in [3.05, 3.63) is 29.8 Å². The zero-order chi connectivity index (χ0) is 9.97. The van der Waals surface area contributed by atoms with Crippen molar-refractivity contribution in [1.82, 2.24) is 0 Å². The lowest BCUT2D eigenvalue weighted by Gasteiger charge is -2.24. The molecular weight excluding hydrogens is 178 g/mol. The van der Waals surface area contributed by atoms with E-state index in [-0.39, 0.29) is 5.92 Å². The van der Waals surface area contributed by atoms with Gasteiger partial charge in [0, 0.05) is 5.56 Å². The number of fused-ring (bicyclic) bond motifs is 1. The van der Waals surface area contributed by atoms with Crippen LogP contribution in [0.1, 0.15) is 17.9 Å². The predicted molar refractivity (Wildman–Crippen MR) is 55.1 cm³/mol. The van der Waals surface area contributed by atoms with Crippen LogP contribution in [0.15, 0.2) is 29.4 Å². The highest BCUT2D eigenvalue weighted by molar-refractivity contribution is 5.88. The first kappa shape index (κ1) is 8.87. The monoisotopic (exact) mass is 191 g/mol. The number of ether oxygens (including phenoxy) is 1. The van der Waals surface area contributed by atoms with Gasteiger partial charge in [-0.15, -0.1) is 0 Å². The van der Waals surface area contributed by atoms with Gasteiger partial charge in [0.25, 0.3) is 0 Å². The maximum atomic E-state index is 5.73. The maximum absolute atomic E-state index is 5.73. The Morgan fingerprint density at radius 1 is 1.43 bits per heavy atom. The fourth-order valence-corrected chi connectivity index (χ4v) is 1.74. The lowest BCUT2D eigenvalue weighted by atomic mass is 9.92. The quantitative estimate of drug-likeness (QED) is 0.298. The SMILES string of the molecule is NN=C(N)C1CCOc2ccccc21. The second-order valence-electron chi connectivity index (χ2n) is 3.28. The van der Waals surface area contributed by atoms with Crippen LogP contribution in [0.5, 0.6) is 5.75 Å². The molecule has 4 heteroatoms. The lowest BCUT2D eigenvalue weighted by Crippen LogP contribution is -2.28. The van der Waals surface area contributed by atoms with Gasteiger partial charge in [-0.3, -0.25) is 0 Å². The highest BCUT2D eigenvalue weighted by atomic mass is 16.5. The minimum Gasteiger partial charge on any atom is -0.493 e. The van der Waals surface area contributed by atoms with Crippen LogP contribution in [0.25, 0.3) is 0 Å². The van der Waals surface area contributed by atoms with Crippen molar-refractivity contribution in [2.24, 2.45) is 16.7 Å². The smallest absolute Gasteiger partial charge is 0.127 e. The number of hydrogen-bond acceptors (Lipinski definition) is 3. The molecule has 1 heterocycles. The second-order valence-corrected chi connectivity index (χ2v) is 3.28. The number of nitrogens with zero attached hydrogens (tertiary/aromatic N) is 1. The number of hydrogen-bond donors (Lipinski definition) is 2. The molecule has 1 aliphatic rings. The molecule has 1 aromatic carbocycles. The average Bonchev–Trinajstić information content (AvgIpc) is 2.27. The summed E-state index contributed by atoms with van der Waals surface area (Å²) in [4.78, 5) is 0. The fourth-order valence-electron chi connectivity index (χ4n) is 1.74. The molecule has 1 aliphatic heterocycles. The molecule has 0 fully saturated rings. The van der Waals surface area contributed by atoms with E-state index in [1.54, 1.807) is 0 Å². The van der Waals surface area contributed by atoms with Gasteiger partial charge in [0.2, 0.25) is 0 Å². The molecule has 0 aromatic heterocycles. The average molecular weight is 191 g/mol. The number of hydrazone groups is 1. The zero-order valence-corrected chi connectivity index (χ0v) is 7.81. The van der Waals surface area contributed by atoms with Gasteiger partial charge >= 0.3 is 0 Å². The maximum Gasteiger partial charge on any atom is 0.127 e. The van der Waals surface area contributed by atoms with Crippen molar-refractivity contribution in [1.29, 1.82) is 0 Å². The third-order valence-electron chi connectivity index (χ3n) is 2.46. The molecule has 14 heavy (non-hydrogen) atoms. The van der Waals surface area contributed by atoms with Crippen molar-refractivity contribution in [3.63, 3.8) is 0 Å². The summed E-state index contributed by atoms with van der Waals surface area (Å²) in [6, 6.07) is 7.84. The van der Waals surface area contributed by atoms with Gasteiger partial charge in [-0.25, -0.2) is 0 Å². The summed E-state index contributed by atoms with van der Waals surface area (Å²) in [6.45, 7) is 0.665. The molecule has 0 bridgehead atoms. The van der Waals surface area contributed by atoms with E-state index in [0.29, 0.717) is 12.4 Å². The number of rotatable bonds is 1. The molecule has 1 unspecified atom stereocenters. The van der Waals surface area contributed by atoms with E-state index in [4.69, 9.17) is 16.3 Å². The summed E-state index contributed by atoms with van der Waals surface area (Å²) in [5.41, 5.74) is 6.81. The Morgan fingerprint density at radius 2 is 2.21 bits per heavy atom. The summed E-state index contributed by atoms with van der Waals surface area (Å²) in [5.74, 6) is 6.64. The van der Waals surface area contributed by atoms with Gasteiger partial charge in [-0.1, -0.05) is 18.2 Å². The summed E-state index contributed by atoms with van der Waals surface area (Å²) < 4.78 is 5.50. The van der Waals surface area contributed by atoms with Crippen LogP contribution < -0.4 is 16.3 Å². The molecule has 0 radical (unpaired) electrons. The van der Waals surface area contributed by atoms with Gasteiger partial charge in [-0.05, 0) is 12.5 Å². The van der Waals surface area contributed by atoms with E-state index in [9.17, 15) is 0 Å². The van der Waals surface area contributed by atoms with Crippen LogP contribution in [0, 0.1) is 0 Å². The Morgan fingerprint density at radius 3 is 3.00 bits per heavy atom. The molecule has 0 saturated carbocycles. The number of para-hydroxylation sites is 1. The fraction of sp³-hybridized carbons (Fsp3) is 0.300. The van der Waals surface area contributed by atoms with E-state index in [1.165, 1.54) is 0 Å². The minimum absolute atomic E-state index is 0.102. The van der Waals surface area contributed by atoms with E-state index < -0.39 is 0 Å². The summed E-state index contributed by atoms with van der Waals surface area (Å²) in [5, 5.41) is 3.55. The standard InChI is InChI=1S/C10H13N3O/c11-10(13-12)8-5-6-14-9-4-2-1-3-7(8)9/h1-4,8H,5-6,12H2,(H2,11,13). The Kier molecular flexibility index (Phi) is 2.26. The van der Waals surface area contributed by atoms with E-state index in [0.717, 1.165) is 17.7 Å². The second kappa shape index (κ2) is 3.57. The summed E-state index contributed by atoms with van der Waals surface area (Å²) >= 11 is 0. The van der Waals surface area contributed by atoms with Gasteiger partial charge in [-0.2, -0.15) is 5.10 Å². The molecule has 74 valence electrons. The number of amidine groups is 1. The summed E-state index contributed by atoms with van der Waals surface area (Å²) in [7, 11) is 0. The first-order valence-corrected chi connectivity index (χ1v) is 4.58. The number of benzene rings is 1. The van der Waals surface area contributed by atoms with Gasteiger partial charge in [0.1, 0.15) is 11.6 Å². The Balaban J connectivity index is 2.40. The molecule has 0 saturated heterocycles. The molecule has 0 aliphatic carbocycles.